The van der Waals surface area contributed by atoms with Crippen LogP contribution >= 0.6 is 58.0 Å². The van der Waals surface area contributed by atoms with Gasteiger partial charge in [0, 0.05) is 10.6 Å². The number of benzene rings is 1. The summed E-state index contributed by atoms with van der Waals surface area (Å²) in [5.74, 6) is 0. The smallest absolute Gasteiger partial charge is 0.0843 e. The van der Waals surface area contributed by atoms with Crippen molar-refractivity contribution in [2.75, 3.05) is 0 Å². The van der Waals surface area contributed by atoms with Gasteiger partial charge in [0.2, 0.25) is 3.79 Å². The minimum absolute atomic E-state index is 0.407. The van der Waals surface area contributed by atoms with E-state index >= 15 is 0 Å². The topological polar surface area (TPSA) is 0 Å². The van der Waals surface area contributed by atoms with Crippen LogP contribution in [-0.2, 0) is 3.79 Å². The van der Waals surface area contributed by atoms with Gasteiger partial charge in [0.05, 0.1) is 5.02 Å². The van der Waals surface area contributed by atoms with Crippen LogP contribution in [0.2, 0.25) is 10.0 Å². The molecule has 1 rings (SSSR count). The molecule has 0 spiro atoms. The van der Waals surface area contributed by atoms with Gasteiger partial charge in [-0.2, -0.15) is 0 Å². The maximum Gasteiger partial charge on any atom is 0.217 e. The fraction of sp³-hybridized carbons (Fsp3) is 0.250. The van der Waals surface area contributed by atoms with Crippen molar-refractivity contribution in [2.24, 2.45) is 0 Å². The summed E-state index contributed by atoms with van der Waals surface area (Å²) in [6.07, 6.45) is 0. The normalized spacial score (nSPS) is 11.8. The van der Waals surface area contributed by atoms with Gasteiger partial charge in [0.25, 0.3) is 0 Å². The lowest BCUT2D eigenvalue weighted by molar-refractivity contribution is 1.22. The highest BCUT2D eigenvalue weighted by atomic mass is 35.6. The molecule has 0 saturated heterocycles. The molecule has 0 amide bonds. The average Bonchev–Trinajstić information content (AvgIpc) is 1.94. The number of alkyl halides is 3. The molecule has 0 fully saturated rings. The monoisotopic (exact) mass is 276 g/mol. The second-order valence-electron chi connectivity index (χ2n) is 2.58. The first kappa shape index (κ1) is 11.7. The zero-order valence-corrected chi connectivity index (χ0v) is 10.3. The van der Waals surface area contributed by atoms with E-state index in [1.165, 1.54) is 0 Å². The van der Waals surface area contributed by atoms with Crippen LogP contribution in [0, 0.1) is 6.92 Å². The standard InChI is InChI=1S/C8H5Cl5/c1-4-2-5(9)3-6(7(4)10)8(11,12)13/h2-3H,1H3. The molecule has 0 atom stereocenters. The molecular formula is C8H5Cl5. The van der Waals surface area contributed by atoms with Crippen LogP contribution in [0.15, 0.2) is 12.1 Å². The predicted molar refractivity (Wildman–Crippen MR) is 60.4 cm³/mol. The molecule has 0 aliphatic carbocycles. The quantitative estimate of drug-likeness (QED) is 0.577. The van der Waals surface area contributed by atoms with Gasteiger partial charge >= 0.3 is 0 Å². The number of rotatable bonds is 0. The van der Waals surface area contributed by atoms with Crippen molar-refractivity contribution in [1.82, 2.24) is 0 Å². The molecule has 0 radical (unpaired) electrons. The molecule has 72 valence electrons. The Labute approximate surface area is 102 Å². The Hall–Kier alpha value is 0.670. The summed E-state index contributed by atoms with van der Waals surface area (Å²) in [6, 6.07) is 3.26. The molecule has 0 unspecified atom stereocenters. The van der Waals surface area contributed by atoms with Gasteiger partial charge in [-0.3, -0.25) is 0 Å². The SMILES string of the molecule is Cc1cc(Cl)cc(C(Cl)(Cl)Cl)c1Cl. The molecule has 5 heteroatoms. The highest BCUT2D eigenvalue weighted by Gasteiger charge is 2.26. The van der Waals surface area contributed by atoms with Crippen molar-refractivity contribution < 1.29 is 0 Å². The molecule has 0 heterocycles. The Bertz CT molecular complexity index is 326. The molecule has 1 aromatic rings. The van der Waals surface area contributed by atoms with Crippen molar-refractivity contribution in [2.45, 2.75) is 10.7 Å². The third-order valence-electron chi connectivity index (χ3n) is 1.52. The van der Waals surface area contributed by atoms with Gasteiger partial charge in [-0.05, 0) is 24.6 Å². The number of halogens is 5. The van der Waals surface area contributed by atoms with E-state index < -0.39 is 3.79 Å². The summed E-state index contributed by atoms with van der Waals surface area (Å²) in [7, 11) is 0. The first-order valence-corrected chi connectivity index (χ1v) is 5.24. The van der Waals surface area contributed by atoms with Crippen molar-refractivity contribution in [3.8, 4) is 0 Å². The zero-order valence-electron chi connectivity index (χ0n) is 6.54. The van der Waals surface area contributed by atoms with E-state index in [4.69, 9.17) is 58.0 Å². The molecule has 0 aromatic heterocycles. The number of aryl methyl sites for hydroxylation is 1. The van der Waals surface area contributed by atoms with E-state index in [1.807, 2.05) is 0 Å². The Morgan fingerprint density at radius 2 is 1.62 bits per heavy atom. The second kappa shape index (κ2) is 4.04. The van der Waals surface area contributed by atoms with E-state index in [9.17, 15) is 0 Å². The molecule has 0 aliphatic heterocycles. The van der Waals surface area contributed by atoms with E-state index in [1.54, 1.807) is 19.1 Å². The third-order valence-corrected chi connectivity index (χ3v) is 2.86. The zero-order chi connectivity index (χ0) is 10.2. The fourth-order valence-electron chi connectivity index (χ4n) is 0.932. The minimum atomic E-state index is -1.53. The maximum atomic E-state index is 5.94. The van der Waals surface area contributed by atoms with Crippen LogP contribution in [0.4, 0.5) is 0 Å². The van der Waals surface area contributed by atoms with Crippen molar-refractivity contribution >= 4 is 58.0 Å². The Kier molecular flexibility index (Phi) is 3.65. The molecule has 0 saturated carbocycles. The Morgan fingerprint density at radius 3 is 2.08 bits per heavy atom. The van der Waals surface area contributed by atoms with Gasteiger partial charge < -0.3 is 0 Å². The number of hydrogen-bond acceptors (Lipinski definition) is 0. The molecule has 0 bridgehead atoms. The van der Waals surface area contributed by atoms with Crippen molar-refractivity contribution in [1.29, 1.82) is 0 Å². The van der Waals surface area contributed by atoms with Crippen LogP contribution in [0.25, 0.3) is 0 Å². The summed E-state index contributed by atoms with van der Waals surface area (Å²) in [5.41, 5.74) is 1.19. The largest absolute Gasteiger partial charge is 0.217 e. The highest BCUT2D eigenvalue weighted by Crippen LogP contribution is 2.43. The third kappa shape index (κ3) is 2.81. The minimum Gasteiger partial charge on any atom is -0.0843 e. The number of hydrogen-bond donors (Lipinski definition) is 0. The van der Waals surface area contributed by atoms with Crippen LogP contribution in [-0.4, -0.2) is 0 Å². The second-order valence-corrected chi connectivity index (χ2v) is 5.68. The summed E-state index contributed by atoms with van der Waals surface area (Å²) >= 11 is 28.8. The molecule has 0 aliphatic rings. The molecule has 13 heavy (non-hydrogen) atoms. The van der Waals surface area contributed by atoms with Gasteiger partial charge in [-0.15, -0.1) is 0 Å². The summed E-state index contributed by atoms with van der Waals surface area (Å²) in [4.78, 5) is 0. The Morgan fingerprint density at radius 1 is 1.08 bits per heavy atom. The average molecular weight is 278 g/mol. The van der Waals surface area contributed by atoms with E-state index in [2.05, 4.69) is 0 Å². The highest BCUT2D eigenvalue weighted by molar-refractivity contribution is 6.67. The van der Waals surface area contributed by atoms with Crippen LogP contribution in [0.1, 0.15) is 11.1 Å². The summed E-state index contributed by atoms with van der Waals surface area (Å²) in [6.45, 7) is 1.80. The molecule has 0 nitrogen and oxygen atoms in total. The predicted octanol–water partition coefficient (Wildman–Crippen LogP) is 5.13. The van der Waals surface area contributed by atoms with Crippen molar-refractivity contribution in [3.05, 3.63) is 33.3 Å². The fourth-order valence-corrected chi connectivity index (χ4v) is 2.05. The first-order chi connectivity index (χ1) is 5.82. The lowest BCUT2D eigenvalue weighted by Crippen LogP contribution is -2.02. The molecular weight excluding hydrogens is 273 g/mol. The first-order valence-electron chi connectivity index (χ1n) is 3.35. The van der Waals surface area contributed by atoms with E-state index in [0.717, 1.165) is 5.56 Å². The summed E-state index contributed by atoms with van der Waals surface area (Å²) < 4.78 is -1.53. The lowest BCUT2D eigenvalue weighted by Gasteiger charge is -2.14. The van der Waals surface area contributed by atoms with Gasteiger partial charge in [-0.1, -0.05) is 58.0 Å². The van der Waals surface area contributed by atoms with Crippen LogP contribution in [0.5, 0.6) is 0 Å². The van der Waals surface area contributed by atoms with Gasteiger partial charge in [0.1, 0.15) is 0 Å². The van der Waals surface area contributed by atoms with Gasteiger partial charge in [-0.25, -0.2) is 0 Å². The molecule has 0 N–H and O–H groups in total. The van der Waals surface area contributed by atoms with Crippen LogP contribution in [0.3, 0.4) is 0 Å². The van der Waals surface area contributed by atoms with E-state index in [-0.39, 0.29) is 0 Å². The van der Waals surface area contributed by atoms with Crippen molar-refractivity contribution in [3.63, 3.8) is 0 Å². The summed E-state index contributed by atoms with van der Waals surface area (Å²) in [5, 5.41) is 0.938. The Balaban J connectivity index is 3.37. The molecule has 1 aromatic carbocycles. The van der Waals surface area contributed by atoms with Crippen LogP contribution < -0.4 is 0 Å². The lowest BCUT2D eigenvalue weighted by atomic mass is 10.1. The van der Waals surface area contributed by atoms with Gasteiger partial charge in [0.15, 0.2) is 0 Å². The van der Waals surface area contributed by atoms with E-state index in [0.29, 0.717) is 15.6 Å². The maximum absolute atomic E-state index is 5.94.